The summed E-state index contributed by atoms with van der Waals surface area (Å²) in [6, 6.07) is 15.0. The average molecular weight is 541 g/mol. The number of amides is 1. The Morgan fingerprint density at radius 3 is 2.61 bits per heavy atom. The normalized spacial score (nSPS) is 21.8. The minimum absolute atomic E-state index is 0.141. The molecule has 5 rings (SSSR count). The standard InChI is InChI=1S/C26H24N2O5S3/c29-23(30)10-11-35-17-7-5-16(6-8-17)28-20-3-1-2-18(20)19-12-15(4-9-21(19)28)13-22-25(33)27(14-24(31)32)26(34)36-22/h4-9,12-13,18,20H,1-3,10-11,14H2,(H,29,30)(H,31,32)/b22-13-. The van der Waals surface area contributed by atoms with Crippen LogP contribution < -0.4 is 4.90 Å². The number of aliphatic carboxylic acids is 2. The van der Waals surface area contributed by atoms with Crippen LogP contribution >= 0.6 is 35.7 Å². The summed E-state index contributed by atoms with van der Waals surface area (Å²) in [5, 5.41) is 17.9. The van der Waals surface area contributed by atoms with Crippen molar-refractivity contribution in [2.45, 2.75) is 42.5 Å². The Bertz CT molecular complexity index is 1280. The maximum absolute atomic E-state index is 12.7. The van der Waals surface area contributed by atoms with E-state index in [2.05, 4.69) is 41.3 Å². The number of anilines is 2. The number of carboxylic acids is 2. The van der Waals surface area contributed by atoms with Crippen LogP contribution in [0.2, 0.25) is 0 Å². The van der Waals surface area contributed by atoms with Gasteiger partial charge < -0.3 is 15.1 Å². The van der Waals surface area contributed by atoms with E-state index in [0.717, 1.165) is 52.1 Å². The third kappa shape index (κ3) is 4.89. The Morgan fingerprint density at radius 1 is 1.11 bits per heavy atom. The van der Waals surface area contributed by atoms with Crippen LogP contribution in [0, 0.1) is 0 Å². The summed E-state index contributed by atoms with van der Waals surface area (Å²) < 4.78 is 0.265. The third-order valence-corrected chi connectivity index (χ3v) is 9.08. The molecule has 1 saturated carbocycles. The summed E-state index contributed by atoms with van der Waals surface area (Å²) in [6.07, 6.45) is 5.32. The quantitative estimate of drug-likeness (QED) is 0.262. The third-order valence-electron chi connectivity index (χ3n) is 6.69. The van der Waals surface area contributed by atoms with Crippen molar-refractivity contribution in [3.8, 4) is 0 Å². The first-order valence-electron chi connectivity index (χ1n) is 11.7. The second-order valence-electron chi connectivity index (χ2n) is 8.94. The van der Waals surface area contributed by atoms with E-state index in [1.54, 1.807) is 17.8 Å². The molecule has 7 nitrogen and oxygen atoms in total. The van der Waals surface area contributed by atoms with Gasteiger partial charge in [-0.2, -0.15) is 0 Å². The van der Waals surface area contributed by atoms with E-state index in [-0.39, 0.29) is 16.6 Å². The van der Waals surface area contributed by atoms with Crippen LogP contribution in [0.5, 0.6) is 0 Å². The number of rotatable bonds is 8. The Balaban J connectivity index is 1.39. The fourth-order valence-corrected chi connectivity index (χ4v) is 7.28. The highest BCUT2D eigenvalue weighted by Gasteiger charge is 2.42. The number of nitrogens with zero attached hydrogens (tertiary/aromatic N) is 2. The molecule has 1 aliphatic carbocycles. The molecule has 0 spiro atoms. The van der Waals surface area contributed by atoms with Crippen molar-refractivity contribution in [2.24, 2.45) is 0 Å². The van der Waals surface area contributed by atoms with Gasteiger partial charge in [-0.3, -0.25) is 19.3 Å². The van der Waals surface area contributed by atoms with Crippen molar-refractivity contribution in [2.75, 3.05) is 17.2 Å². The van der Waals surface area contributed by atoms with Crippen LogP contribution in [0.15, 0.2) is 52.3 Å². The average Bonchev–Trinajstić information content (AvgIpc) is 3.49. The zero-order valence-corrected chi connectivity index (χ0v) is 21.7. The summed E-state index contributed by atoms with van der Waals surface area (Å²) in [5.74, 6) is -1.28. The first-order chi connectivity index (χ1) is 17.3. The molecule has 2 aromatic rings. The lowest BCUT2D eigenvalue weighted by Crippen LogP contribution is -2.33. The van der Waals surface area contributed by atoms with E-state index in [1.807, 2.05) is 6.07 Å². The first kappa shape index (κ1) is 24.9. The Hall–Kier alpha value is -2.82. The van der Waals surface area contributed by atoms with Gasteiger partial charge in [0.1, 0.15) is 10.9 Å². The zero-order valence-electron chi connectivity index (χ0n) is 19.3. The molecule has 36 heavy (non-hydrogen) atoms. The van der Waals surface area contributed by atoms with Gasteiger partial charge in [0.2, 0.25) is 0 Å². The van der Waals surface area contributed by atoms with Crippen molar-refractivity contribution < 1.29 is 24.6 Å². The summed E-state index contributed by atoms with van der Waals surface area (Å²) >= 11 is 7.90. The lowest BCUT2D eigenvalue weighted by atomic mass is 9.96. The van der Waals surface area contributed by atoms with Crippen LogP contribution in [0.3, 0.4) is 0 Å². The number of carbonyl (C=O) groups is 3. The van der Waals surface area contributed by atoms with Crippen molar-refractivity contribution in [3.63, 3.8) is 0 Å². The predicted molar refractivity (Wildman–Crippen MR) is 146 cm³/mol. The van der Waals surface area contributed by atoms with E-state index < -0.39 is 18.5 Å². The topological polar surface area (TPSA) is 98.2 Å². The number of thioether (sulfide) groups is 2. The van der Waals surface area contributed by atoms with Crippen LogP contribution in [0.4, 0.5) is 11.4 Å². The molecule has 0 aromatic heterocycles. The molecule has 2 fully saturated rings. The number of hydrogen-bond acceptors (Lipinski definition) is 7. The van der Waals surface area contributed by atoms with E-state index in [9.17, 15) is 14.4 Å². The van der Waals surface area contributed by atoms with Gasteiger partial charge in [0, 0.05) is 34.0 Å². The molecule has 1 amide bonds. The summed E-state index contributed by atoms with van der Waals surface area (Å²) in [7, 11) is 0. The second-order valence-corrected chi connectivity index (χ2v) is 11.8. The molecule has 2 atom stereocenters. The molecular formula is C26H24N2O5S3. The van der Waals surface area contributed by atoms with E-state index in [4.69, 9.17) is 22.4 Å². The molecule has 2 N–H and O–H groups in total. The number of hydrogen-bond donors (Lipinski definition) is 2. The molecule has 0 bridgehead atoms. The monoisotopic (exact) mass is 540 g/mol. The molecule has 0 radical (unpaired) electrons. The largest absolute Gasteiger partial charge is 0.481 e. The van der Waals surface area contributed by atoms with E-state index in [0.29, 0.717) is 22.6 Å². The van der Waals surface area contributed by atoms with Crippen molar-refractivity contribution in [3.05, 3.63) is 58.5 Å². The first-order valence-corrected chi connectivity index (χ1v) is 13.9. The smallest absolute Gasteiger partial charge is 0.323 e. The predicted octanol–water partition coefficient (Wildman–Crippen LogP) is 5.33. The highest BCUT2D eigenvalue weighted by atomic mass is 32.2. The molecule has 186 valence electrons. The molecule has 10 heteroatoms. The van der Waals surface area contributed by atoms with Crippen molar-refractivity contribution in [1.29, 1.82) is 0 Å². The highest BCUT2D eigenvalue weighted by Crippen LogP contribution is 2.52. The molecule has 2 aliphatic heterocycles. The fraction of sp³-hybridized carbons (Fsp3) is 0.308. The Labute approximate surface area is 222 Å². The van der Waals surface area contributed by atoms with Gasteiger partial charge >= 0.3 is 11.9 Å². The second kappa shape index (κ2) is 10.3. The molecule has 1 saturated heterocycles. The zero-order chi connectivity index (χ0) is 25.4. The molecule has 2 heterocycles. The van der Waals surface area contributed by atoms with Crippen molar-refractivity contribution in [1.82, 2.24) is 4.90 Å². The van der Waals surface area contributed by atoms with Gasteiger partial charge in [-0.15, -0.1) is 11.8 Å². The Kier molecular flexibility index (Phi) is 7.09. The molecule has 2 unspecified atom stereocenters. The Morgan fingerprint density at radius 2 is 1.89 bits per heavy atom. The maximum Gasteiger partial charge on any atom is 0.323 e. The van der Waals surface area contributed by atoms with Crippen LogP contribution in [0.25, 0.3) is 6.08 Å². The van der Waals surface area contributed by atoms with E-state index in [1.165, 1.54) is 11.3 Å². The summed E-state index contributed by atoms with van der Waals surface area (Å²) in [4.78, 5) is 39.6. The van der Waals surface area contributed by atoms with Gasteiger partial charge in [0.05, 0.1) is 11.3 Å². The number of fused-ring (bicyclic) bond motifs is 3. The van der Waals surface area contributed by atoms with Gasteiger partial charge in [0.25, 0.3) is 5.91 Å². The maximum atomic E-state index is 12.7. The minimum atomic E-state index is -1.09. The molecule has 3 aliphatic rings. The molecule has 2 aromatic carbocycles. The van der Waals surface area contributed by atoms with Gasteiger partial charge in [0.15, 0.2) is 0 Å². The van der Waals surface area contributed by atoms with Gasteiger partial charge in [-0.25, -0.2) is 0 Å². The van der Waals surface area contributed by atoms with Crippen LogP contribution in [0.1, 0.15) is 42.7 Å². The number of thiocarbonyl (C=S) groups is 1. The minimum Gasteiger partial charge on any atom is -0.481 e. The highest BCUT2D eigenvalue weighted by molar-refractivity contribution is 8.26. The van der Waals surface area contributed by atoms with E-state index >= 15 is 0 Å². The fourth-order valence-electron chi connectivity index (χ4n) is 5.18. The van der Waals surface area contributed by atoms with Gasteiger partial charge in [-0.05, 0) is 66.4 Å². The lowest BCUT2D eigenvalue weighted by Gasteiger charge is -2.27. The SMILES string of the molecule is O=C(O)CCSc1ccc(N2c3ccc(/C=C4\SC(=S)N(CC(=O)O)C4=O)cc3C3CCCC32)cc1. The number of carboxylic acid groups (broad SMARTS) is 2. The lowest BCUT2D eigenvalue weighted by molar-refractivity contribution is -0.140. The van der Waals surface area contributed by atoms with Crippen LogP contribution in [-0.2, 0) is 14.4 Å². The molecular weight excluding hydrogens is 516 g/mol. The van der Waals surface area contributed by atoms with Gasteiger partial charge in [-0.1, -0.05) is 36.5 Å². The summed E-state index contributed by atoms with van der Waals surface area (Å²) in [6.45, 7) is -0.429. The number of carbonyl (C=O) groups excluding carboxylic acids is 1. The van der Waals surface area contributed by atoms with Crippen LogP contribution in [-0.4, -0.2) is 55.6 Å². The summed E-state index contributed by atoms with van der Waals surface area (Å²) in [5.41, 5.74) is 4.47. The van der Waals surface area contributed by atoms with Crippen molar-refractivity contribution >= 4 is 75.4 Å². The number of benzene rings is 2.